The molecule has 0 bridgehead atoms. The van der Waals surface area contributed by atoms with Gasteiger partial charge in [0.25, 0.3) is 0 Å². The minimum Gasteiger partial charge on any atom is -0.480 e. The SMILES string of the molecule is C[C@@H](Sc1nc2ccccc2[nH]1)C(=O)O. The molecule has 0 aliphatic carbocycles. The first kappa shape index (κ1) is 10.0. The van der Waals surface area contributed by atoms with E-state index in [1.807, 2.05) is 24.3 Å². The maximum atomic E-state index is 10.7. The predicted octanol–water partition coefficient (Wildman–Crippen LogP) is 2.13. The molecule has 0 saturated carbocycles. The number of nitrogens with zero attached hydrogens (tertiary/aromatic N) is 1. The van der Waals surface area contributed by atoms with E-state index in [-0.39, 0.29) is 0 Å². The summed E-state index contributed by atoms with van der Waals surface area (Å²) in [5.41, 5.74) is 1.79. The number of imidazole rings is 1. The van der Waals surface area contributed by atoms with E-state index in [0.29, 0.717) is 5.16 Å². The Morgan fingerprint density at radius 2 is 2.27 bits per heavy atom. The maximum Gasteiger partial charge on any atom is 0.316 e. The summed E-state index contributed by atoms with van der Waals surface area (Å²) in [6.07, 6.45) is 0. The van der Waals surface area contributed by atoms with Crippen LogP contribution in [-0.4, -0.2) is 26.3 Å². The van der Waals surface area contributed by atoms with E-state index in [1.54, 1.807) is 6.92 Å². The number of nitrogens with one attached hydrogen (secondary N) is 1. The van der Waals surface area contributed by atoms with E-state index < -0.39 is 11.2 Å². The smallest absolute Gasteiger partial charge is 0.316 e. The summed E-state index contributed by atoms with van der Waals surface area (Å²) >= 11 is 1.21. The van der Waals surface area contributed by atoms with Gasteiger partial charge in [-0.15, -0.1) is 0 Å². The Balaban J connectivity index is 2.26. The van der Waals surface area contributed by atoms with E-state index >= 15 is 0 Å². The van der Waals surface area contributed by atoms with Gasteiger partial charge in [-0.2, -0.15) is 0 Å². The molecule has 2 aromatic rings. The van der Waals surface area contributed by atoms with Crippen molar-refractivity contribution in [2.45, 2.75) is 17.3 Å². The van der Waals surface area contributed by atoms with Gasteiger partial charge in [-0.05, 0) is 19.1 Å². The molecule has 4 nitrogen and oxygen atoms in total. The molecular formula is C10H10N2O2S. The van der Waals surface area contributed by atoms with Crippen LogP contribution in [0.4, 0.5) is 0 Å². The van der Waals surface area contributed by atoms with E-state index in [1.165, 1.54) is 11.8 Å². The van der Waals surface area contributed by atoms with Gasteiger partial charge in [-0.1, -0.05) is 23.9 Å². The Hall–Kier alpha value is -1.49. The van der Waals surface area contributed by atoms with E-state index in [9.17, 15) is 4.79 Å². The van der Waals surface area contributed by atoms with Crippen LogP contribution in [0.3, 0.4) is 0 Å². The average molecular weight is 222 g/mol. The van der Waals surface area contributed by atoms with Gasteiger partial charge >= 0.3 is 5.97 Å². The minimum atomic E-state index is -0.833. The van der Waals surface area contributed by atoms with Crippen molar-refractivity contribution in [1.29, 1.82) is 0 Å². The molecule has 2 N–H and O–H groups in total. The van der Waals surface area contributed by atoms with Gasteiger partial charge < -0.3 is 10.1 Å². The van der Waals surface area contributed by atoms with Crippen LogP contribution < -0.4 is 0 Å². The molecule has 0 radical (unpaired) electrons. The highest BCUT2D eigenvalue weighted by Gasteiger charge is 2.14. The summed E-state index contributed by atoms with van der Waals surface area (Å²) in [5, 5.41) is 8.91. The largest absolute Gasteiger partial charge is 0.480 e. The molecule has 1 atom stereocenters. The fourth-order valence-corrected chi connectivity index (χ4v) is 1.96. The number of carboxylic acid groups (broad SMARTS) is 1. The monoisotopic (exact) mass is 222 g/mol. The van der Waals surface area contributed by atoms with Crippen LogP contribution in [-0.2, 0) is 4.79 Å². The van der Waals surface area contributed by atoms with Crippen molar-refractivity contribution in [3.05, 3.63) is 24.3 Å². The normalized spacial score (nSPS) is 12.9. The number of benzene rings is 1. The second kappa shape index (κ2) is 3.94. The van der Waals surface area contributed by atoms with Crippen LogP contribution in [0.25, 0.3) is 11.0 Å². The second-order valence-corrected chi connectivity index (χ2v) is 4.49. The Labute approximate surface area is 90.7 Å². The van der Waals surface area contributed by atoms with Gasteiger partial charge in [0.2, 0.25) is 0 Å². The molecule has 1 heterocycles. The van der Waals surface area contributed by atoms with Crippen molar-refractivity contribution in [1.82, 2.24) is 9.97 Å². The van der Waals surface area contributed by atoms with Crippen molar-refractivity contribution in [3.8, 4) is 0 Å². The number of fused-ring (bicyclic) bond motifs is 1. The molecule has 0 unspecified atom stereocenters. The van der Waals surface area contributed by atoms with Gasteiger partial charge in [0.15, 0.2) is 5.16 Å². The topological polar surface area (TPSA) is 66.0 Å². The molecule has 0 fully saturated rings. The zero-order valence-electron chi connectivity index (χ0n) is 8.10. The molecule has 0 amide bonds. The molecule has 0 aliphatic rings. The van der Waals surface area contributed by atoms with Gasteiger partial charge in [0.1, 0.15) is 5.25 Å². The Morgan fingerprint density at radius 1 is 1.53 bits per heavy atom. The first-order valence-corrected chi connectivity index (χ1v) is 5.39. The molecule has 5 heteroatoms. The lowest BCUT2D eigenvalue weighted by Gasteiger charge is -2.00. The number of aromatic nitrogens is 2. The third-order valence-corrected chi connectivity index (χ3v) is 2.98. The number of H-pyrrole nitrogens is 1. The number of para-hydroxylation sites is 2. The number of rotatable bonds is 3. The van der Waals surface area contributed by atoms with Gasteiger partial charge in [0.05, 0.1) is 11.0 Å². The maximum absolute atomic E-state index is 10.7. The number of hydrogen-bond donors (Lipinski definition) is 2. The first-order valence-electron chi connectivity index (χ1n) is 4.51. The highest BCUT2D eigenvalue weighted by molar-refractivity contribution is 8.00. The van der Waals surface area contributed by atoms with E-state index in [4.69, 9.17) is 5.11 Å². The highest BCUT2D eigenvalue weighted by Crippen LogP contribution is 2.23. The lowest BCUT2D eigenvalue weighted by Crippen LogP contribution is -2.11. The molecule has 2 rings (SSSR count). The van der Waals surface area contributed by atoms with Crippen LogP contribution in [0, 0.1) is 0 Å². The minimum absolute atomic E-state index is 0.495. The summed E-state index contributed by atoms with van der Waals surface area (Å²) in [6.45, 7) is 1.64. The Kier molecular flexibility index (Phi) is 2.64. The van der Waals surface area contributed by atoms with Crippen LogP contribution >= 0.6 is 11.8 Å². The lowest BCUT2D eigenvalue weighted by molar-refractivity contribution is -0.136. The zero-order chi connectivity index (χ0) is 10.8. The Morgan fingerprint density at radius 3 is 2.93 bits per heavy atom. The van der Waals surface area contributed by atoms with E-state index in [0.717, 1.165) is 11.0 Å². The van der Waals surface area contributed by atoms with Gasteiger partial charge in [-0.25, -0.2) is 4.98 Å². The van der Waals surface area contributed by atoms with Crippen molar-refractivity contribution in [2.24, 2.45) is 0 Å². The number of aliphatic carboxylic acids is 1. The molecule has 0 spiro atoms. The third-order valence-electron chi connectivity index (χ3n) is 2.00. The quantitative estimate of drug-likeness (QED) is 0.781. The van der Waals surface area contributed by atoms with Crippen molar-refractivity contribution >= 4 is 28.8 Å². The van der Waals surface area contributed by atoms with Crippen molar-refractivity contribution < 1.29 is 9.90 Å². The summed E-state index contributed by atoms with van der Waals surface area (Å²) in [6, 6.07) is 7.62. The first-order chi connectivity index (χ1) is 7.16. The molecule has 15 heavy (non-hydrogen) atoms. The van der Waals surface area contributed by atoms with Crippen LogP contribution in [0.5, 0.6) is 0 Å². The van der Waals surface area contributed by atoms with Crippen LogP contribution in [0.15, 0.2) is 29.4 Å². The number of carbonyl (C=O) groups is 1. The average Bonchev–Trinajstić information content (AvgIpc) is 2.59. The number of hydrogen-bond acceptors (Lipinski definition) is 3. The Bertz CT molecular complexity index is 462. The summed E-state index contributed by atoms with van der Waals surface area (Å²) < 4.78 is 0. The van der Waals surface area contributed by atoms with Gasteiger partial charge in [-0.3, -0.25) is 4.79 Å². The summed E-state index contributed by atoms with van der Waals surface area (Å²) in [5.74, 6) is -0.833. The molecule has 1 aromatic carbocycles. The predicted molar refractivity (Wildman–Crippen MR) is 59.0 cm³/mol. The van der Waals surface area contributed by atoms with Crippen molar-refractivity contribution in [2.75, 3.05) is 0 Å². The number of carboxylic acids is 1. The number of aromatic amines is 1. The molecule has 78 valence electrons. The number of thioether (sulfide) groups is 1. The molecule has 1 aromatic heterocycles. The van der Waals surface area contributed by atoms with Gasteiger partial charge in [0, 0.05) is 0 Å². The van der Waals surface area contributed by atoms with Crippen molar-refractivity contribution in [3.63, 3.8) is 0 Å². The highest BCUT2D eigenvalue weighted by atomic mass is 32.2. The lowest BCUT2D eigenvalue weighted by atomic mass is 10.3. The second-order valence-electron chi connectivity index (χ2n) is 3.16. The fraction of sp³-hybridized carbons (Fsp3) is 0.200. The summed E-state index contributed by atoms with van der Waals surface area (Å²) in [4.78, 5) is 18.0. The summed E-state index contributed by atoms with van der Waals surface area (Å²) in [7, 11) is 0. The zero-order valence-corrected chi connectivity index (χ0v) is 8.91. The van der Waals surface area contributed by atoms with Crippen LogP contribution in [0.2, 0.25) is 0 Å². The molecule has 0 saturated heterocycles. The standard InChI is InChI=1S/C10H10N2O2S/c1-6(9(13)14)15-10-11-7-4-2-3-5-8(7)12-10/h2-6H,1H3,(H,11,12)(H,13,14)/t6-/m1/s1. The van der Waals surface area contributed by atoms with Crippen LogP contribution in [0.1, 0.15) is 6.92 Å². The van der Waals surface area contributed by atoms with E-state index in [2.05, 4.69) is 9.97 Å². The molecular weight excluding hydrogens is 212 g/mol. The third kappa shape index (κ3) is 2.12. The molecule has 0 aliphatic heterocycles. The fourth-order valence-electron chi connectivity index (χ4n) is 1.20.